The molecule has 8 nitrogen and oxygen atoms in total. The topological polar surface area (TPSA) is 96.0 Å². The number of nitrogens with one attached hydrogen (secondary N) is 1. The number of rotatable bonds is 11. The van der Waals surface area contributed by atoms with Crippen molar-refractivity contribution >= 4 is 50.7 Å². The van der Waals surface area contributed by atoms with Gasteiger partial charge in [-0.25, -0.2) is 8.42 Å². The van der Waals surface area contributed by atoms with E-state index in [2.05, 4.69) is 5.32 Å². The molecule has 0 spiro atoms. The van der Waals surface area contributed by atoms with Crippen molar-refractivity contribution < 1.29 is 22.7 Å². The summed E-state index contributed by atoms with van der Waals surface area (Å²) < 4.78 is 34.0. The van der Waals surface area contributed by atoms with Gasteiger partial charge in [-0.3, -0.25) is 13.9 Å². The zero-order valence-electron chi connectivity index (χ0n) is 23.6. The highest BCUT2D eigenvalue weighted by molar-refractivity contribution is 7.92. The summed E-state index contributed by atoms with van der Waals surface area (Å²) in [5.41, 5.74) is 0.852. The zero-order valence-corrected chi connectivity index (χ0v) is 26.0. The predicted molar refractivity (Wildman–Crippen MR) is 165 cm³/mol. The largest absolute Gasteiger partial charge is 0.497 e. The molecule has 1 fully saturated rings. The summed E-state index contributed by atoms with van der Waals surface area (Å²) in [7, 11) is -2.65. The molecule has 0 aromatic heterocycles. The molecule has 4 rings (SSSR count). The molecule has 1 saturated carbocycles. The summed E-state index contributed by atoms with van der Waals surface area (Å²) in [5, 5.41) is 3.86. The van der Waals surface area contributed by atoms with Crippen molar-refractivity contribution in [1.29, 1.82) is 0 Å². The first-order valence-electron chi connectivity index (χ1n) is 13.9. The van der Waals surface area contributed by atoms with Gasteiger partial charge >= 0.3 is 0 Å². The van der Waals surface area contributed by atoms with Crippen molar-refractivity contribution in [2.75, 3.05) is 18.0 Å². The monoisotopic (exact) mass is 631 g/mol. The van der Waals surface area contributed by atoms with E-state index in [1.807, 2.05) is 0 Å². The normalized spacial score (nSPS) is 14.6. The van der Waals surface area contributed by atoms with E-state index < -0.39 is 28.5 Å². The maximum atomic E-state index is 14.1. The first-order valence-corrected chi connectivity index (χ1v) is 16.1. The van der Waals surface area contributed by atoms with Crippen LogP contribution < -0.4 is 14.4 Å². The van der Waals surface area contributed by atoms with E-state index in [4.69, 9.17) is 27.9 Å². The molecule has 0 saturated heterocycles. The Labute approximate surface area is 257 Å². The summed E-state index contributed by atoms with van der Waals surface area (Å²) in [6.45, 7) is 1.08. The Morgan fingerprint density at radius 1 is 0.976 bits per heavy atom. The second-order valence-electron chi connectivity index (χ2n) is 10.3. The van der Waals surface area contributed by atoms with E-state index in [1.54, 1.807) is 67.6 Å². The fourth-order valence-electron chi connectivity index (χ4n) is 4.98. The average molecular weight is 633 g/mol. The number of halogens is 2. The molecule has 1 aliphatic rings. The van der Waals surface area contributed by atoms with E-state index in [-0.39, 0.29) is 29.1 Å². The van der Waals surface area contributed by atoms with Crippen LogP contribution in [0.3, 0.4) is 0 Å². The molecule has 42 heavy (non-hydrogen) atoms. The minimum Gasteiger partial charge on any atom is -0.497 e. The van der Waals surface area contributed by atoms with Gasteiger partial charge in [0.25, 0.3) is 10.0 Å². The SMILES string of the molecule is COc1ccc(N(CC(=O)N(Cc2ccc(Cl)cc2Cl)[C@H](C)C(=O)NC2CCCCC2)S(=O)(=O)c2ccccc2)cc1. The molecule has 1 N–H and O–H groups in total. The smallest absolute Gasteiger partial charge is 0.264 e. The molecular formula is C31H35Cl2N3O5S. The number of nitrogens with zero attached hydrogens (tertiary/aromatic N) is 2. The number of carbonyl (C=O) groups excluding carboxylic acids is 2. The maximum Gasteiger partial charge on any atom is 0.264 e. The van der Waals surface area contributed by atoms with Gasteiger partial charge in [-0.15, -0.1) is 0 Å². The molecule has 3 aromatic carbocycles. The minimum atomic E-state index is -4.16. The summed E-state index contributed by atoms with van der Waals surface area (Å²) >= 11 is 12.6. The van der Waals surface area contributed by atoms with Crippen LogP contribution in [0.5, 0.6) is 5.75 Å². The molecule has 0 bridgehead atoms. The molecular weight excluding hydrogens is 597 g/mol. The van der Waals surface area contributed by atoms with Crippen molar-refractivity contribution in [2.24, 2.45) is 0 Å². The third kappa shape index (κ3) is 7.76. The maximum absolute atomic E-state index is 14.1. The number of hydrogen-bond acceptors (Lipinski definition) is 5. The number of methoxy groups -OCH3 is 1. The quantitative estimate of drug-likeness (QED) is 0.277. The van der Waals surface area contributed by atoms with E-state index in [9.17, 15) is 18.0 Å². The van der Waals surface area contributed by atoms with Gasteiger partial charge in [0.05, 0.1) is 17.7 Å². The molecule has 1 aliphatic carbocycles. The van der Waals surface area contributed by atoms with Crippen molar-refractivity contribution in [3.63, 3.8) is 0 Å². The van der Waals surface area contributed by atoms with E-state index in [0.29, 0.717) is 21.4 Å². The predicted octanol–water partition coefficient (Wildman–Crippen LogP) is 6.06. The van der Waals surface area contributed by atoms with Crippen LogP contribution in [0, 0.1) is 0 Å². The lowest BCUT2D eigenvalue weighted by atomic mass is 9.95. The van der Waals surface area contributed by atoms with Crippen LogP contribution in [-0.2, 0) is 26.2 Å². The van der Waals surface area contributed by atoms with Crippen molar-refractivity contribution in [3.05, 3.63) is 88.4 Å². The first kappa shape index (κ1) is 31.7. The van der Waals surface area contributed by atoms with Crippen LogP contribution in [0.4, 0.5) is 5.69 Å². The molecule has 1 atom stereocenters. The van der Waals surface area contributed by atoms with E-state index >= 15 is 0 Å². The van der Waals surface area contributed by atoms with Crippen molar-refractivity contribution in [1.82, 2.24) is 10.2 Å². The summed E-state index contributed by atoms with van der Waals surface area (Å²) in [5.74, 6) is -0.334. The van der Waals surface area contributed by atoms with Gasteiger partial charge < -0.3 is 15.0 Å². The number of carbonyl (C=O) groups is 2. The number of anilines is 1. The molecule has 224 valence electrons. The van der Waals surface area contributed by atoms with Crippen molar-refractivity contribution in [3.8, 4) is 5.75 Å². The third-order valence-corrected chi connectivity index (χ3v) is 9.82. The molecule has 0 unspecified atom stereocenters. The van der Waals surface area contributed by atoms with E-state index in [1.165, 1.54) is 24.1 Å². The standard InChI is InChI=1S/C31H35Cl2N3O5S/c1-22(31(38)34-25-9-5-3-6-10-25)35(20-23-13-14-24(32)19-29(23)33)30(37)21-36(26-15-17-27(41-2)18-16-26)42(39,40)28-11-7-4-8-12-28/h4,7-8,11-19,22,25H,3,5-6,9-10,20-21H2,1-2H3,(H,34,38)/t22-/m1/s1. The number of hydrogen-bond donors (Lipinski definition) is 1. The Morgan fingerprint density at radius 3 is 2.26 bits per heavy atom. The first-order chi connectivity index (χ1) is 20.1. The van der Waals surface area contributed by atoms with Crippen LogP contribution in [0.1, 0.15) is 44.6 Å². The highest BCUT2D eigenvalue weighted by atomic mass is 35.5. The number of ether oxygens (including phenoxy) is 1. The van der Waals surface area contributed by atoms with Crippen LogP contribution in [0.25, 0.3) is 0 Å². The summed E-state index contributed by atoms with van der Waals surface area (Å²) in [6, 6.07) is 18.4. The summed E-state index contributed by atoms with van der Waals surface area (Å²) in [6.07, 6.45) is 4.98. The molecule has 3 aromatic rings. The van der Waals surface area contributed by atoms with Crippen LogP contribution in [0.15, 0.2) is 77.7 Å². The van der Waals surface area contributed by atoms with Gasteiger partial charge in [0, 0.05) is 22.6 Å². The Kier molecular flexibility index (Phi) is 10.8. The zero-order chi connectivity index (χ0) is 30.3. The lowest BCUT2D eigenvalue weighted by Gasteiger charge is -2.33. The minimum absolute atomic E-state index is 0.0179. The average Bonchev–Trinajstić information content (AvgIpc) is 3.00. The van der Waals surface area contributed by atoms with Gasteiger partial charge in [0.2, 0.25) is 11.8 Å². The van der Waals surface area contributed by atoms with Gasteiger partial charge in [0.15, 0.2) is 0 Å². The lowest BCUT2D eigenvalue weighted by molar-refractivity contribution is -0.139. The number of benzene rings is 3. The fourth-order valence-corrected chi connectivity index (χ4v) is 6.89. The molecule has 0 aliphatic heterocycles. The Balaban J connectivity index is 1.69. The van der Waals surface area contributed by atoms with Gasteiger partial charge in [0.1, 0.15) is 18.3 Å². The van der Waals surface area contributed by atoms with Crippen LogP contribution in [0.2, 0.25) is 10.0 Å². The van der Waals surface area contributed by atoms with Gasteiger partial charge in [-0.05, 0) is 73.9 Å². The highest BCUT2D eigenvalue weighted by Crippen LogP contribution is 2.28. The second kappa shape index (κ2) is 14.3. The molecule has 0 heterocycles. The van der Waals surface area contributed by atoms with Crippen LogP contribution in [-0.4, -0.2) is 50.9 Å². The molecule has 0 radical (unpaired) electrons. The van der Waals surface area contributed by atoms with Gasteiger partial charge in [-0.1, -0.05) is 66.7 Å². The Bertz CT molecular complexity index is 1480. The fraction of sp³-hybridized carbons (Fsp3) is 0.355. The Hall–Kier alpha value is -3.27. The number of sulfonamides is 1. The van der Waals surface area contributed by atoms with Gasteiger partial charge in [-0.2, -0.15) is 0 Å². The summed E-state index contributed by atoms with van der Waals surface area (Å²) in [4.78, 5) is 28.9. The van der Waals surface area contributed by atoms with Crippen molar-refractivity contribution in [2.45, 2.75) is 62.6 Å². The van der Waals surface area contributed by atoms with Crippen LogP contribution >= 0.6 is 23.2 Å². The lowest BCUT2D eigenvalue weighted by Crippen LogP contribution is -2.53. The third-order valence-electron chi connectivity index (χ3n) is 7.45. The second-order valence-corrected chi connectivity index (χ2v) is 13.0. The Morgan fingerprint density at radius 2 is 1.64 bits per heavy atom. The number of amides is 2. The highest BCUT2D eigenvalue weighted by Gasteiger charge is 2.33. The molecule has 11 heteroatoms. The molecule has 2 amide bonds. The van der Waals surface area contributed by atoms with E-state index in [0.717, 1.165) is 36.4 Å².